The van der Waals surface area contributed by atoms with Crippen LogP contribution in [0.15, 0.2) is 36.4 Å². The number of benzene rings is 2. The molecule has 0 bridgehead atoms. The number of hydrogen-bond donors (Lipinski definition) is 2. The Kier molecular flexibility index (Phi) is 6.72. The van der Waals surface area contributed by atoms with Crippen molar-refractivity contribution in [1.29, 1.82) is 0 Å². The van der Waals surface area contributed by atoms with E-state index < -0.39 is 64.4 Å². The molecule has 1 amide bonds. The number of alkyl halides is 10. The maximum absolute atomic E-state index is 14.7. The molecule has 0 saturated heterocycles. The van der Waals surface area contributed by atoms with Crippen molar-refractivity contribution in [3.05, 3.63) is 58.9 Å². The lowest BCUT2D eigenvalue weighted by Gasteiger charge is -2.31. The van der Waals surface area contributed by atoms with Crippen LogP contribution in [0.25, 0.3) is 0 Å². The number of hydrogen-bond acceptors (Lipinski definition) is 2. The maximum atomic E-state index is 14.7. The van der Waals surface area contributed by atoms with E-state index in [4.69, 9.17) is 0 Å². The van der Waals surface area contributed by atoms with Crippen molar-refractivity contribution in [2.45, 2.75) is 37.0 Å². The summed E-state index contributed by atoms with van der Waals surface area (Å²) in [6.45, 7) is 0.380. The molecule has 0 aromatic heterocycles. The minimum absolute atomic E-state index is 0.0367. The number of rotatable bonds is 6. The molecule has 0 radical (unpaired) electrons. The molecule has 0 unspecified atom stereocenters. The molecule has 1 aliphatic rings. The predicted octanol–water partition coefficient (Wildman–Crippen LogP) is 7.21. The van der Waals surface area contributed by atoms with E-state index in [0.717, 1.165) is 18.9 Å². The average Bonchev–Trinajstić information content (AvgIpc) is 3.54. The van der Waals surface area contributed by atoms with Gasteiger partial charge in [0.15, 0.2) is 5.82 Å². The summed E-state index contributed by atoms with van der Waals surface area (Å²) in [5.74, 6) is -2.29. The Morgan fingerprint density at radius 1 is 0.857 bits per heavy atom. The van der Waals surface area contributed by atoms with Gasteiger partial charge in [-0.15, -0.1) is 0 Å². The van der Waals surface area contributed by atoms with Crippen molar-refractivity contribution in [1.82, 2.24) is 0 Å². The summed E-state index contributed by atoms with van der Waals surface area (Å²) in [6, 6.07) is 2.55. The Labute approximate surface area is 190 Å². The van der Waals surface area contributed by atoms with Gasteiger partial charge in [-0.1, -0.05) is 12.1 Å². The van der Waals surface area contributed by atoms with E-state index >= 15 is 0 Å². The lowest BCUT2D eigenvalue weighted by Crippen LogP contribution is -2.50. The Bertz CT molecular complexity index is 1090. The van der Waals surface area contributed by atoms with Crippen LogP contribution in [0.1, 0.15) is 34.3 Å². The summed E-state index contributed by atoms with van der Waals surface area (Å²) < 4.78 is 147. The minimum Gasteiger partial charge on any atom is -0.382 e. The molecule has 0 aliphatic heterocycles. The van der Waals surface area contributed by atoms with E-state index in [1.807, 2.05) is 0 Å². The summed E-state index contributed by atoms with van der Waals surface area (Å²) in [7, 11) is 0. The molecule has 2 aromatic carbocycles. The highest BCUT2D eigenvalue weighted by molar-refractivity contribution is 6.05. The standard InChI is InChI=1S/C21H15F11N2O/c22-16-12(2-1-3-15(16)33-9-10-4-5-10)17(35)34-14-7-6-11(8-13(14)19(24,25)26)18(23,20(27,28)29)21(30,31)32/h1-3,6-8,10,33H,4-5,9H2,(H,34,35). The lowest BCUT2D eigenvalue weighted by atomic mass is 9.92. The molecule has 192 valence electrons. The van der Waals surface area contributed by atoms with Gasteiger partial charge in [0.25, 0.3) is 5.91 Å². The first-order valence-electron chi connectivity index (χ1n) is 9.84. The summed E-state index contributed by atoms with van der Waals surface area (Å²) in [6.07, 6.45) is -17.1. The summed E-state index contributed by atoms with van der Waals surface area (Å²) in [5, 5.41) is 4.36. The highest BCUT2D eigenvalue weighted by Gasteiger charge is 2.73. The second-order valence-corrected chi connectivity index (χ2v) is 7.86. The van der Waals surface area contributed by atoms with E-state index in [1.165, 1.54) is 12.1 Å². The predicted molar refractivity (Wildman–Crippen MR) is 102 cm³/mol. The smallest absolute Gasteiger partial charge is 0.382 e. The second kappa shape index (κ2) is 8.86. The zero-order chi connectivity index (χ0) is 26.4. The zero-order valence-corrected chi connectivity index (χ0v) is 17.2. The molecule has 0 heterocycles. The average molecular weight is 520 g/mol. The van der Waals surface area contributed by atoms with Crippen LogP contribution >= 0.6 is 0 Å². The van der Waals surface area contributed by atoms with Gasteiger partial charge in [0, 0.05) is 12.1 Å². The molecular weight excluding hydrogens is 505 g/mol. The normalized spacial score (nSPS) is 15.2. The zero-order valence-electron chi connectivity index (χ0n) is 17.2. The van der Waals surface area contributed by atoms with Gasteiger partial charge < -0.3 is 10.6 Å². The monoisotopic (exact) mass is 520 g/mol. The van der Waals surface area contributed by atoms with Crippen LogP contribution in [0, 0.1) is 11.7 Å². The van der Waals surface area contributed by atoms with E-state index in [1.54, 1.807) is 5.32 Å². The van der Waals surface area contributed by atoms with Crippen LogP contribution in [0.3, 0.4) is 0 Å². The van der Waals surface area contributed by atoms with Crippen LogP contribution < -0.4 is 10.6 Å². The number of anilines is 2. The molecule has 2 aromatic rings. The molecule has 14 heteroatoms. The number of amides is 1. The second-order valence-electron chi connectivity index (χ2n) is 7.86. The molecule has 1 saturated carbocycles. The van der Waals surface area contributed by atoms with Gasteiger partial charge in [-0.25, -0.2) is 8.78 Å². The molecule has 3 nitrogen and oxygen atoms in total. The van der Waals surface area contributed by atoms with Crippen molar-refractivity contribution in [3.63, 3.8) is 0 Å². The fraction of sp³-hybridized carbons (Fsp3) is 0.381. The van der Waals surface area contributed by atoms with Gasteiger partial charge in [-0.3, -0.25) is 4.79 Å². The topological polar surface area (TPSA) is 41.1 Å². The van der Waals surface area contributed by atoms with E-state index in [2.05, 4.69) is 5.32 Å². The fourth-order valence-corrected chi connectivity index (χ4v) is 3.20. The highest BCUT2D eigenvalue weighted by atomic mass is 19.4. The van der Waals surface area contributed by atoms with Gasteiger partial charge in [0.1, 0.15) is 0 Å². The Balaban J connectivity index is 1.99. The first-order valence-corrected chi connectivity index (χ1v) is 9.84. The molecule has 0 atom stereocenters. The fourth-order valence-electron chi connectivity index (χ4n) is 3.20. The van der Waals surface area contributed by atoms with E-state index in [0.29, 0.717) is 12.5 Å². The Morgan fingerprint density at radius 2 is 1.46 bits per heavy atom. The molecule has 35 heavy (non-hydrogen) atoms. The van der Waals surface area contributed by atoms with E-state index in [-0.39, 0.29) is 17.8 Å². The van der Waals surface area contributed by atoms with Crippen molar-refractivity contribution in [2.24, 2.45) is 5.92 Å². The van der Waals surface area contributed by atoms with Crippen LogP contribution in [0.2, 0.25) is 0 Å². The van der Waals surface area contributed by atoms with Crippen molar-refractivity contribution in [3.8, 4) is 0 Å². The van der Waals surface area contributed by atoms with Crippen molar-refractivity contribution in [2.75, 3.05) is 17.2 Å². The van der Waals surface area contributed by atoms with Gasteiger partial charge in [-0.05, 0) is 43.0 Å². The minimum atomic E-state index is -6.64. The maximum Gasteiger partial charge on any atom is 0.435 e. The van der Waals surface area contributed by atoms with Gasteiger partial charge in [0.2, 0.25) is 0 Å². The highest BCUT2D eigenvalue weighted by Crippen LogP contribution is 2.54. The van der Waals surface area contributed by atoms with Crippen LogP contribution in [0.5, 0.6) is 0 Å². The number of carbonyl (C=O) groups excluding carboxylic acids is 1. The summed E-state index contributed by atoms with van der Waals surface area (Å²) >= 11 is 0. The Morgan fingerprint density at radius 3 is 1.97 bits per heavy atom. The third-order valence-electron chi connectivity index (χ3n) is 5.27. The van der Waals surface area contributed by atoms with Crippen molar-refractivity contribution >= 4 is 17.3 Å². The molecule has 1 aliphatic carbocycles. The Hall–Kier alpha value is -3.06. The summed E-state index contributed by atoms with van der Waals surface area (Å²) in [4.78, 5) is 12.4. The third-order valence-corrected chi connectivity index (χ3v) is 5.27. The molecule has 3 rings (SSSR count). The number of carbonyl (C=O) groups is 1. The molecular formula is C21H15F11N2O. The summed E-state index contributed by atoms with van der Waals surface area (Å²) in [5.41, 5.74) is -12.9. The first kappa shape index (κ1) is 26.5. The van der Waals surface area contributed by atoms with Gasteiger partial charge >= 0.3 is 24.2 Å². The largest absolute Gasteiger partial charge is 0.435 e. The van der Waals surface area contributed by atoms with Crippen LogP contribution in [-0.4, -0.2) is 24.8 Å². The number of halogens is 11. The SMILES string of the molecule is O=C(Nc1ccc(C(F)(C(F)(F)F)C(F)(F)F)cc1C(F)(F)F)c1cccc(NCC2CC2)c1F. The molecule has 0 spiro atoms. The van der Waals surface area contributed by atoms with Crippen LogP contribution in [-0.2, 0) is 11.8 Å². The number of nitrogens with one attached hydrogen (secondary N) is 2. The lowest BCUT2D eigenvalue weighted by molar-refractivity contribution is -0.348. The van der Waals surface area contributed by atoms with E-state index in [9.17, 15) is 53.1 Å². The quantitative estimate of drug-likeness (QED) is 0.396. The van der Waals surface area contributed by atoms with Crippen LogP contribution in [0.4, 0.5) is 59.7 Å². The molecule has 2 N–H and O–H groups in total. The van der Waals surface area contributed by atoms with Gasteiger partial charge in [0.05, 0.1) is 22.5 Å². The first-order chi connectivity index (χ1) is 16.0. The van der Waals surface area contributed by atoms with Gasteiger partial charge in [-0.2, -0.15) is 39.5 Å². The molecule has 1 fully saturated rings. The third kappa shape index (κ3) is 5.30. The van der Waals surface area contributed by atoms with Crippen molar-refractivity contribution < 1.29 is 53.1 Å².